The van der Waals surface area contributed by atoms with Crippen LogP contribution in [0.4, 0.5) is 0 Å². The van der Waals surface area contributed by atoms with E-state index in [2.05, 4.69) is 22.0 Å². The molecule has 3 nitrogen and oxygen atoms in total. The predicted molar refractivity (Wildman–Crippen MR) is 106 cm³/mol. The Morgan fingerprint density at radius 1 is 1.36 bits per heavy atom. The molecule has 0 radical (unpaired) electrons. The van der Waals surface area contributed by atoms with Gasteiger partial charge >= 0.3 is 0 Å². The molecule has 0 spiro atoms. The standard InChI is InChI=1S/C20H19BrClNO2/c1-4-13(2)25-20-18(22)9-14(10-19(20)24-3)8-16(12-23)15-6-5-7-17(21)11-15/h5-11,13H,4H2,1-3H3/b16-8-/t13-/m1/s1. The maximum Gasteiger partial charge on any atom is 0.180 e. The number of methoxy groups -OCH3 is 1. The van der Waals surface area contributed by atoms with Crippen molar-refractivity contribution in [1.29, 1.82) is 5.26 Å². The number of ether oxygens (including phenoxy) is 2. The summed E-state index contributed by atoms with van der Waals surface area (Å²) >= 11 is 9.81. The van der Waals surface area contributed by atoms with Gasteiger partial charge in [-0.15, -0.1) is 0 Å². The lowest BCUT2D eigenvalue weighted by molar-refractivity contribution is 0.208. The first-order chi connectivity index (χ1) is 12.0. The Labute approximate surface area is 162 Å². The van der Waals surface area contributed by atoms with Crippen LogP contribution < -0.4 is 9.47 Å². The number of benzene rings is 2. The van der Waals surface area contributed by atoms with Crippen LogP contribution in [0.5, 0.6) is 11.5 Å². The molecule has 0 bridgehead atoms. The van der Waals surface area contributed by atoms with Crippen molar-refractivity contribution in [2.24, 2.45) is 0 Å². The summed E-state index contributed by atoms with van der Waals surface area (Å²) in [7, 11) is 1.57. The van der Waals surface area contributed by atoms with Crippen LogP contribution in [0.3, 0.4) is 0 Å². The van der Waals surface area contributed by atoms with Crippen LogP contribution in [-0.2, 0) is 0 Å². The second-order valence-electron chi connectivity index (χ2n) is 5.55. The maximum atomic E-state index is 9.51. The maximum absolute atomic E-state index is 9.51. The molecule has 2 aromatic carbocycles. The molecule has 0 fully saturated rings. The third kappa shape index (κ3) is 5.01. The molecule has 25 heavy (non-hydrogen) atoms. The third-order valence-corrected chi connectivity index (χ3v) is 4.49. The van der Waals surface area contributed by atoms with Crippen molar-refractivity contribution < 1.29 is 9.47 Å². The molecule has 0 aromatic heterocycles. The Hall–Kier alpha value is -1.96. The van der Waals surface area contributed by atoms with Crippen molar-refractivity contribution in [3.05, 3.63) is 57.0 Å². The van der Waals surface area contributed by atoms with Gasteiger partial charge in [0, 0.05) is 4.47 Å². The van der Waals surface area contributed by atoms with Crippen molar-refractivity contribution in [2.45, 2.75) is 26.4 Å². The molecule has 130 valence electrons. The van der Waals surface area contributed by atoms with Gasteiger partial charge in [0.25, 0.3) is 0 Å². The lowest BCUT2D eigenvalue weighted by atomic mass is 10.0. The number of nitrogens with zero attached hydrogens (tertiary/aromatic N) is 1. The average Bonchev–Trinajstić information content (AvgIpc) is 2.61. The van der Waals surface area contributed by atoms with Gasteiger partial charge in [-0.1, -0.05) is 46.6 Å². The van der Waals surface area contributed by atoms with E-state index in [4.69, 9.17) is 21.1 Å². The molecule has 2 aromatic rings. The highest BCUT2D eigenvalue weighted by atomic mass is 79.9. The number of halogens is 2. The Balaban J connectivity index is 2.45. The van der Waals surface area contributed by atoms with Gasteiger partial charge in [-0.05, 0) is 54.8 Å². The largest absolute Gasteiger partial charge is 0.493 e. The fourth-order valence-corrected chi connectivity index (χ4v) is 2.89. The number of hydrogen-bond acceptors (Lipinski definition) is 3. The molecule has 0 saturated heterocycles. The lowest BCUT2D eigenvalue weighted by Gasteiger charge is -2.17. The summed E-state index contributed by atoms with van der Waals surface area (Å²) in [6.07, 6.45) is 2.68. The summed E-state index contributed by atoms with van der Waals surface area (Å²) < 4.78 is 12.2. The zero-order valence-electron chi connectivity index (χ0n) is 14.3. The Morgan fingerprint density at radius 3 is 2.72 bits per heavy atom. The number of allylic oxidation sites excluding steroid dienone is 1. The van der Waals surface area contributed by atoms with E-state index < -0.39 is 0 Å². The number of hydrogen-bond donors (Lipinski definition) is 0. The molecule has 0 N–H and O–H groups in total. The summed E-state index contributed by atoms with van der Waals surface area (Å²) in [6, 6.07) is 13.4. The summed E-state index contributed by atoms with van der Waals surface area (Å²) in [4.78, 5) is 0. The number of nitriles is 1. The van der Waals surface area contributed by atoms with Crippen LogP contribution in [0.1, 0.15) is 31.4 Å². The Kier molecular flexibility index (Phi) is 6.92. The Bertz CT molecular complexity index is 827. The molecule has 0 aliphatic rings. The monoisotopic (exact) mass is 419 g/mol. The number of rotatable bonds is 6. The molecule has 0 aliphatic carbocycles. The van der Waals surface area contributed by atoms with Crippen molar-refractivity contribution >= 4 is 39.2 Å². The molecule has 0 unspecified atom stereocenters. The molecule has 2 rings (SSSR count). The minimum absolute atomic E-state index is 0.0316. The lowest BCUT2D eigenvalue weighted by Crippen LogP contribution is -2.11. The SMILES string of the molecule is CC[C@@H](C)Oc1c(Cl)cc(/C=C(/C#N)c2cccc(Br)c2)cc1OC. The summed E-state index contributed by atoms with van der Waals surface area (Å²) in [5.41, 5.74) is 2.14. The van der Waals surface area contributed by atoms with E-state index in [-0.39, 0.29) is 6.10 Å². The highest BCUT2D eigenvalue weighted by molar-refractivity contribution is 9.10. The minimum atomic E-state index is 0.0316. The predicted octanol–water partition coefficient (Wildman–Crippen LogP) is 6.35. The van der Waals surface area contributed by atoms with Crippen molar-refractivity contribution in [1.82, 2.24) is 0 Å². The molecule has 0 amide bonds. The van der Waals surface area contributed by atoms with E-state index in [0.29, 0.717) is 22.1 Å². The van der Waals surface area contributed by atoms with Crippen molar-refractivity contribution in [3.63, 3.8) is 0 Å². The summed E-state index contributed by atoms with van der Waals surface area (Å²) in [6.45, 7) is 4.02. The fraction of sp³-hybridized carbons (Fsp3) is 0.250. The van der Waals surface area contributed by atoms with Crippen LogP contribution in [-0.4, -0.2) is 13.2 Å². The van der Waals surface area contributed by atoms with Gasteiger partial charge in [0.1, 0.15) is 0 Å². The van der Waals surface area contributed by atoms with Gasteiger partial charge in [-0.2, -0.15) is 5.26 Å². The quantitative estimate of drug-likeness (QED) is 0.404. The molecule has 5 heteroatoms. The smallest absolute Gasteiger partial charge is 0.180 e. The second-order valence-corrected chi connectivity index (χ2v) is 6.87. The average molecular weight is 421 g/mol. The zero-order chi connectivity index (χ0) is 18.4. The van der Waals surface area contributed by atoms with Gasteiger partial charge in [0.05, 0.1) is 29.9 Å². The van der Waals surface area contributed by atoms with E-state index in [1.165, 1.54) is 0 Å². The highest BCUT2D eigenvalue weighted by Crippen LogP contribution is 2.38. The second kappa shape index (κ2) is 8.94. The first-order valence-electron chi connectivity index (χ1n) is 7.90. The van der Waals surface area contributed by atoms with E-state index in [1.807, 2.05) is 44.2 Å². The molecule has 0 saturated carbocycles. The molecular weight excluding hydrogens is 402 g/mol. The van der Waals surface area contributed by atoms with Gasteiger partial charge < -0.3 is 9.47 Å². The van der Waals surface area contributed by atoms with Gasteiger partial charge in [-0.3, -0.25) is 0 Å². The molecular formula is C20H19BrClNO2. The van der Waals surface area contributed by atoms with Crippen LogP contribution in [0.25, 0.3) is 11.6 Å². The van der Waals surface area contributed by atoms with Gasteiger partial charge in [-0.25, -0.2) is 0 Å². The molecule has 0 aliphatic heterocycles. The van der Waals surface area contributed by atoms with E-state index >= 15 is 0 Å². The van der Waals surface area contributed by atoms with E-state index in [1.54, 1.807) is 19.3 Å². The summed E-state index contributed by atoms with van der Waals surface area (Å²) in [5.74, 6) is 1.07. The van der Waals surface area contributed by atoms with Crippen molar-refractivity contribution in [3.8, 4) is 17.6 Å². The topological polar surface area (TPSA) is 42.2 Å². The fourth-order valence-electron chi connectivity index (χ4n) is 2.22. The molecule has 1 atom stereocenters. The third-order valence-electron chi connectivity index (χ3n) is 3.71. The van der Waals surface area contributed by atoms with E-state index in [9.17, 15) is 5.26 Å². The van der Waals surface area contributed by atoms with Crippen molar-refractivity contribution in [2.75, 3.05) is 7.11 Å². The van der Waals surface area contributed by atoms with Gasteiger partial charge in [0.2, 0.25) is 0 Å². The first-order valence-corrected chi connectivity index (χ1v) is 9.07. The normalized spacial score (nSPS) is 12.4. The zero-order valence-corrected chi connectivity index (χ0v) is 16.7. The van der Waals surface area contributed by atoms with Crippen LogP contribution >= 0.6 is 27.5 Å². The van der Waals surface area contributed by atoms with Crippen LogP contribution in [0.2, 0.25) is 5.02 Å². The minimum Gasteiger partial charge on any atom is -0.493 e. The Morgan fingerprint density at radius 2 is 2.12 bits per heavy atom. The first kappa shape index (κ1) is 19.4. The van der Waals surface area contributed by atoms with Crippen LogP contribution in [0, 0.1) is 11.3 Å². The van der Waals surface area contributed by atoms with Gasteiger partial charge in [0.15, 0.2) is 11.5 Å². The van der Waals surface area contributed by atoms with Crippen LogP contribution in [0.15, 0.2) is 40.9 Å². The highest BCUT2D eigenvalue weighted by Gasteiger charge is 2.14. The van der Waals surface area contributed by atoms with E-state index in [0.717, 1.165) is 22.0 Å². The molecule has 0 heterocycles. The summed E-state index contributed by atoms with van der Waals surface area (Å²) in [5, 5.41) is 9.97.